The maximum Gasteiger partial charge on any atom is 0.254 e. The van der Waals surface area contributed by atoms with Crippen molar-refractivity contribution in [3.63, 3.8) is 0 Å². The number of furan rings is 1. The molecule has 1 heterocycles. The highest BCUT2D eigenvalue weighted by Crippen LogP contribution is 2.14. The Balaban J connectivity index is 2.10. The lowest BCUT2D eigenvalue weighted by Gasteiger charge is -2.24. The van der Waals surface area contributed by atoms with E-state index in [0.29, 0.717) is 5.76 Å². The maximum absolute atomic E-state index is 13.7. The van der Waals surface area contributed by atoms with Crippen molar-refractivity contribution in [2.45, 2.75) is 25.9 Å². The topological polar surface area (TPSA) is 91.6 Å². The molecule has 0 fully saturated rings. The maximum atomic E-state index is 13.7. The molecule has 2 amide bonds. The van der Waals surface area contributed by atoms with E-state index in [9.17, 15) is 19.1 Å². The van der Waals surface area contributed by atoms with Crippen LogP contribution in [0.3, 0.4) is 0 Å². The first-order valence-electron chi connectivity index (χ1n) is 7.94. The number of carbonyl (C=O) groups is 2. The number of amides is 2. The number of hydrogen-bond acceptors (Lipinski definition) is 4. The van der Waals surface area contributed by atoms with Crippen LogP contribution >= 0.6 is 0 Å². The van der Waals surface area contributed by atoms with Crippen LogP contribution in [0.25, 0.3) is 0 Å². The number of aliphatic hydroxyl groups excluding tert-OH is 1. The molecule has 0 saturated carbocycles. The zero-order chi connectivity index (χ0) is 18.4. The molecular weight excluding hydrogens is 327 g/mol. The largest absolute Gasteiger partial charge is 0.467 e. The van der Waals surface area contributed by atoms with Crippen molar-refractivity contribution in [1.29, 1.82) is 0 Å². The first kappa shape index (κ1) is 18.7. The van der Waals surface area contributed by atoms with Crippen LogP contribution in [0.1, 0.15) is 36.0 Å². The molecule has 6 nitrogen and oxygen atoms in total. The summed E-state index contributed by atoms with van der Waals surface area (Å²) in [5.74, 6) is -1.67. The van der Waals surface area contributed by atoms with Crippen LogP contribution in [0.2, 0.25) is 0 Å². The Morgan fingerprint density at radius 3 is 2.44 bits per heavy atom. The molecule has 2 unspecified atom stereocenters. The minimum atomic E-state index is -0.892. The minimum absolute atomic E-state index is 0.134. The standard InChI is InChI=1S/C18H21FN2O4/c1-11(2)16(21-17(23)12-6-3-4-7-13(12)19)18(24)20-14(10-22)15-8-5-9-25-15/h3-9,11,14,16,22H,10H2,1-2H3,(H,20,24)(H,21,23). The second-order valence-electron chi connectivity index (χ2n) is 5.93. The third kappa shape index (κ3) is 4.67. The summed E-state index contributed by atoms with van der Waals surface area (Å²) >= 11 is 0. The normalized spacial score (nSPS) is 13.3. The zero-order valence-electron chi connectivity index (χ0n) is 14.0. The van der Waals surface area contributed by atoms with Crippen molar-refractivity contribution in [3.05, 3.63) is 59.8 Å². The molecule has 25 heavy (non-hydrogen) atoms. The summed E-state index contributed by atoms with van der Waals surface area (Å²) in [7, 11) is 0. The van der Waals surface area contributed by atoms with Gasteiger partial charge in [0.15, 0.2) is 0 Å². The van der Waals surface area contributed by atoms with Crippen molar-refractivity contribution in [2.75, 3.05) is 6.61 Å². The van der Waals surface area contributed by atoms with Gasteiger partial charge >= 0.3 is 0 Å². The second-order valence-corrected chi connectivity index (χ2v) is 5.93. The summed E-state index contributed by atoms with van der Waals surface area (Å²) in [5.41, 5.74) is -0.134. The molecule has 0 aliphatic rings. The highest BCUT2D eigenvalue weighted by Gasteiger charge is 2.28. The van der Waals surface area contributed by atoms with Gasteiger partial charge in [0.1, 0.15) is 23.7 Å². The second kappa shape index (κ2) is 8.43. The van der Waals surface area contributed by atoms with Gasteiger partial charge in [0.05, 0.1) is 18.4 Å². The van der Waals surface area contributed by atoms with E-state index in [1.165, 1.54) is 24.5 Å². The summed E-state index contributed by atoms with van der Waals surface area (Å²) in [6, 6.07) is 7.20. The predicted molar refractivity (Wildman–Crippen MR) is 89.2 cm³/mol. The molecule has 0 radical (unpaired) electrons. The van der Waals surface area contributed by atoms with Gasteiger partial charge in [0.25, 0.3) is 5.91 Å². The zero-order valence-corrected chi connectivity index (χ0v) is 14.0. The lowest BCUT2D eigenvalue weighted by molar-refractivity contribution is -0.125. The van der Waals surface area contributed by atoms with Crippen LogP contribution in [0, 0.1) is 11.7 Å². The molecule has 1 aromatic carbocycles. The number of aliphatic hydroxyl groups is 1. The summed E-state index contributed by atoms with van der Waals surface area (Å²) < 4.78 is 18.9. The molecular formula is C18H21FN2O4. The molecule has 3 N–H and O–H groups in total. The van der Waals surface area contributed by atoms with Crippen LogP contribution in [0.4, 0.5) is 4.39 Å². The Morgan fingerprint density at radius 2 is 1.88 bits per heavy atom. The fourth-order valence-corrected chi connectivity index (χ4v) is 2.36. The molecule has 2 atom stereocenters. The Morgan fingerprint density at radius 1 is 1.16 bits per heavy atom. The lowest BCUT2D eigenvalue weighted by atomic mass is 10.0. The summed E-state index contributed by atoms with van der Waals surface area (Å²) in [4.78, 5) is 24.8. The van der Waals surface area contributed by atoms with E-state index in [0.717, 1.165) is 0 Å². The van der Waals surface area contributed by atoms with Gasteiger partial charge in [0, 0.05) is 0 Å². The number of nitrogens with one attached hydrogen (secondary N) is 2. The lowest BCUT2D eigenvalue weighted by Crippen LogP contribution is -2.51. The van der Waals surface area contributed by atoms with E-state index in [1.54, 1.807) is 32.0 Å². The number of benzene rings is 1. The van der Waals surface area contributed by atoms with Crippen LogP contribution in [-0.4, -0.2) is 29.6 Å². The number of rotatable bonds is 7. The quantitative estimate of drug-likeness (QED) is 0.714. The van der Waals surface area contributed by atoms with Gasteiger partial charge < -0.3 is 20.2 Å². The third-order valence-electron chi connectivity index (χ3n) is 3.74. The molecule has 7 heteroatoms. The van der Waals surface area contributed by atoms with E-state index in [1.807, 2.05) is 0 Å². The number of halogens is 1. The molecule has 1 aromatic heterocycles. The fourth-order valence-electron chi connectivity index (χ4n) is 2.36. The third-order valence-corrected chi connectivity index (χ3v) is 3.74. The van der Waals surface area contributed by atoms with Crippen molar-refractivity contribution in [1.82, 2.24) is 10.6 Å². The fraction of sp³-hybridized carbons (Fsp3) is 0.333. The molecule has 2 aromatic rings. The molecule has 0 bridgehead atoms. The minimum Gasteiger partial charge on any atom is -0.467 e. The van der Waals surface area contributed by atoms with Crippen LogP contribution in [-0.2, 0) is 4.79 Å². The molecule has 0 aliphatic heterocycles. The van der Waals surface area contributed by atoms with Crippen LogP contribution in [0.5, 0.6) is 0 Å². The Labute approximate surface area is 145 Å². The number of hydrogen-bond donors (Lipinski definition) is 3. The van der Waals surface area contributed by atoms with E-state index in [4.69, 9.17) is 4.42 Å². The summed E-state index contributed by atoms with van der Waals surface area (Å²) in [5, 5.41) is 14.6. The van der Waals surface area contributed by atoms with Gasteiger partial charge in [-0.1, -0.05) is 26.0 Å². The van der Waals surface area contributed by atoms with Crippen LogP contribution in [0.15, 0.2) is 47.1 Å². The monoisotopic (exact) mass is 348 g/mol. The van der Waals surface area contributed by atoms with Gasteiger partial charge in [-0.15, -0.1) is 0 Å². The summed E-state index contributed by atoms with van der Waals surface area (Å²) in [6.45, 7) is 3.16. The molecule has 0 aliphatic carbocycles. The van der Waals surface area contributed by atoms with Crippen LogP contribution < -0.4 is 10.6 Å². The first-order chi connectivity index (χ1) is 11.9. The van der Waals surface area contributed by atoms with Gasteiger partial charge in [-0.2, -0.15) is 0 Å². The van der Waals surface area contributed by atoms with Crippen molar-refractivity contribution in [3.8, 4) is 0 Å². The van der Waals surface area contributed by atoms with Crippen molar-refractivity contribution < 1.29 is 23.5 Å². The van der Waals surface area contributed by atoms with Gasteiger partial charge in [0.2, 0.25) is 5.91 Å². The van der Waals surface area contributed by atoms with Crippen molar-refractivity contribution >= 4 is 11.8 Å². The van der Waals surface area contributed by atoms with Gasteiger partial charge in [-0.05, 0) is 30.2 Å². The Kier molecular flexibility index (Phi) is 6.30. The Hall–Kier alpha value is -2.67. The highest BCUT2D eigenvalue weighted by molar-refractivity contribution is 5.97. The average Bonchev–Trinajstić information content (AvgIpc) is 3.11. The SMILES string of the molecule is CC(C)C(NC(=O)c1ccccc1F)C(=O)NC(CO)c1ccco1. The van der Waals surface area contributed by atoms with E-state index >= 15 is 0 Å². The molecule has 2 rings (SSSR count). The van der Waals surface area contributed by atoms with Gasteiger partial charge in [-0.25, -0.2) is 4.39 Å². The molecule has 0 spiro atoms. The first-order valence-corrected chi connectivity index (χ1v) is 7.94. The molecule has 134 valence electrons. The summed E-state index contributed by atoms with van der Waals surface area (Å²) in [6.07, 6.45) is 1.43. The van der Waals surface area contributed by atoms with E-state index in [-0.39, 0.29) is 18.1 Å². The van der Waals surface area contributed by atoms with E-state index < -0.39 is 29.7 Å². The highest BCUT2D eigenvalue weighted by atomic mass is 19.1. The van der Waals surface area contributed by atoms with E-state index in [2.05, 4.69) is 10.6 Å². The number of carbonyl (C=O) groups excluding carboxylic acids is 2. The van der Waals surface area contributed by atoms with Crippen molar-refractivity contribution in [2.24, 2.45) is 5.92 Å². The van der Waals surface area contributed by atoms with Gasteiger partial charge in [-0.3, -0.25) is 9.59 Å². The predicted octanol–water partition coefficient (Wildman–Crippen LogP) is 2.02. The smallest absolute Gasteiger partial charge is 0.254 e. The molecule has 0 saturated heterocycles. The Bertz CT molecular complexity index is 716. The average molecular weight is 348 g/mol.